The summed E-state index contributed by atoms with van der Waals surface area (Å²) in [7, 11) is 0. The van der Waals surface area contributed by atoms with Crippen LogP contribution in [0, 0.1) is 18.7 Å². The summed E-state index contributed by atoms with van der Waals surface area (Å²) < 4.78 is 13.1. The largest absolute Gasteiger partial charge is 0.370 e. The average Bonchev–Trinajstić information content (AvgIpc) is 2.35. The van der Waals surface area contributed by atoms with Gasteiger partial charge in [-0.1, -0.05) is 19.9 Å². The highest BCUT2D eigenvalue weighted by molar-refractivity contribution is 5.55. The lowest BCUT2D eigenvalue weighted by atomic mass is 10.2. The maximum Gasteiger partial charge on any atom is 0.229 e. The molecule has 2 rings (SSSR count). The number of hydrogen-bond donors (Lipinski definition) is 2. The zero-order valence-corrected chi connectivity index (χ0v) is 11.9. The van der Waals surface area contributed by atoms with Gasteiger partial charge in [-0.15, -0.1) is 0 Å². The van der Waals surface area contributed by atoms with Gasteiger partial charge >= 0.3 is 0 Å². The van der Waals surface area contributed by atoms with Crippen molar-refractivity contribution in [3.05, 3.63) is 41.8 Å². The van der Waals surface area contributed by atoms with Crippen molar-refractivity contribution in [2.75, 3.05) is 17.2 Å². The Morgan fingerprint density at radius 1 is 1.20 bits per heavy atom. The molecule has 0 bridgehead atoms. The SMILES string of the molecule is Cc1cc(NCC(C)C)nc(Nc2cccc(F)c2)n1. The fraction of sp³-hybridized carbons (Fsp3) is 0.333. The van der Waals surface area contributed by atoms with Gasteiger partial charge in [0.15, 0.2) is 0 Å². The molecule has 0 aliphatic carbocycles. The molecule has 0 saturated carbocycles. The van der Waals surface area contributed by atoms with Gasteiger partial charge in [0.1, 0.15) is 11.6 Å². The second kappa shape index (κ2) is 6.32. The number of benzene rings is 1. The molecule has 0 atom stereocenters. The number of aromatic nitrogens is 2. The second-order valence-electron chi connectivity index (χ2n) is 5.13. The van der Waals surface area contributed by atoms with Crippen LogP contribution in [0.3, 0.4) is 0 Å². The van der Waals surface area contributed by atoms with Crippen LogP contribution in [-0.2, 0) is 0 Å². The van der Waals surface area contributed by atoms with Gasteiger partial charge in [-0.3, -0.25) is 0 Å². The molecule has 0 aliphatic heterocycles. The van der Waals surface area contributed by atoms with E-state index in [1.165, 1.54) is 12.1 Å². The number of anilines is 3. The van der Waals surface area contributed by atoms with Crippen molar-refractivity contribution in [1.82, 2.24) is 9.97 Å². The minimum atomic E-state index is -0.291. The molecule has 0 saturated heterocycles. The summed E-state index contributed by atoms with van der Waals surface area (Å²) in [4.78, 5) is 8.68. The third-order valence-electron chi connectivity index (χ3n) is 2.63. The summed E-state index contributed by atoms with van der Waals surface area (Å²) in [6.45, 7) is 7.01. The van der Waals surface area contributed by atoms with Crippen molar-refractivity contribution < 1.29 is 4.39 Å². The Kier molecular flexibility index (Phi) is 4.50. The molecule has 2 aromatic rings. The Hall–Kier alpha value is -2.17. The molecule has 5 heteroatoms. The van der Waals surface area contributed by atoms with Crippen LogP contribution in [0.15, 0.2) is 30.3 Å². The summed E-state index contributed by atoms with van der Waals surface area (Å²) in [6.07, 6.45) is 0. The van der Waals surface area contributed by atoms with E-state index in [0.717, 1.165) is 18.1 Å². The fourth-order valence-corrected chi connectivity index (χ4v) is 1.72. The molecule has 0 amide bonds. The minimum Gasteiger partial charge on any atom is -0.370 e. The topological polar surface area (TPSA) is 49.8 Å². The van der Waals surface area contributed by atoms with Crippen LogP contribution in [0.5, 0.6) is 0 Å². The zero-order chi connectivity index (χ0) is 14.5. The first-order valence-corrected chi connectivity index (χ1v) is 6.65. The molecule has 0 fully saturated rings. The van der Waals surface area contributed by atoms with E-state index in [4.69, 9.17) is 0 Å². The standard InChI is InChI=1S/C15H19FN4/c1-10(2)9-17-14-7-11(3)18-15(20-14)19-13-6-4-5-12(16)8-13/h4-8,10H,9H2,1-3H3,(H2,17,18,19,20). The monoisotopic (exact) mass is 274 g/mol. The lowest BCUT2D eigenvalue weighted by Crippen LogP contribution is -2.10. The summed E-state index contributed by atoms with van der Waals surface area (Å²) in [5.74, 6) is 1.47. The van der Waals surface area contributed by atoms with E-state index in [0.29, 0.717) is 17.6 Å². The quantitative estimate of drug-likeness (QED) is 0.872. The van der Waals surface area contributed by atoms with E-state index in [1.54, 1.807) is 12.1 Å². The van der Waals surface area contributed by atoms with Crippen molar-refractivity contribution in [2.45, 2.75) is 20.8 Å². The predicted octanol–water partition coefficient (Wildman–Crippen LogP) is 3.74. The van der Waals surface area contributed by atoms with Crippen LogP contribution < -0.4 is 10.6 Å². The first-order valence-electron chi connectivity index (χ1n) is 6.65. The van der Waals surface area contributed by atoms with Crippen molar-refractivity contribution in [2.24, 2.45) is 5.92 Å². The van der Waals surface area contributed by atoms with E-state index in [2.05, 4.69) is 34.4 Å². The maximum absolute atomic E-state index is 13.1. The molecule has 1 heterocycles. The van der Waals surface area contributed by atoms with Gasteiger partial charge in [0.25, 0.3) is 0 Å². The molecular weight excluding hydrogens is 255 g/mol. The predicted molar refractivity (Wildman–Crippen MR) is 79.8 cm³/mol. The molecule has 2 N–H and O–H groups in total. The Balaban J connectivity index is 2.15. The van der Waals surface area contributed by atoms with E-state index >= 15 is 0 Å². The van der Waals surface area contributed by atoms with Crippen molar-refractivity contribution >= 4 is 17.5 Å². The van der Waals surface area contributed by atoms with Gasteiger partial charge in [0.05, 0.1) is 0 Å². The van der Waals surface area contributed by atoms with Crippen molar-refractivity contribution in [3.8, 4) is 0 Å². The molecule has 4 nitrogen and oxygen atoms in total. The molecule has 0 aliphatic rings. The lowest BCUT2D eigenvalue weighted by Gasteiger charge is -2.11. The smallest absolute Gasteiger partial charge is 0.229 e. The zero-order valence-electron chi connectivity index (χ0n) is 11.9. The highest BCUT2D eigenvalue weighted by Gasteiger charge is 2.04. The molecule has 0 unspecified atom stereocenters. The number of rotatable bonds is 5. The Bertz CT molecular complexity index is 584. The third kappa shape index (κ3) is 4.19. The van der Waals surface area contributed by atoms with E-state index in [1.807, 2.05) is 13.0 Å². The van der Waals surface area contributed by atoms with Crippen LogP contribution in [0.25, 0.3) is 0 Å². The fourth-order valence-electron chi connectivity index (χ4n) is 1.72. The van der Waals surface area contributed by atoms with Gasteiger partial charge < -0.3 is 10.6 Å². The maximum atomic E-state index is 13.1. The van der Waals surface area contributed by atoms with Gasteiger partial charge in [-0.2, -0.15) is 4.98 Å². The van der Waals surface area contributed by atoms with Gasteiger partial charge in [0.2, 0.25) is 5.95 Å². The minimum absolute atomic E-state index is 0.291. The first kappa shape index (κ1) is 14.2. The molecule has 0 spiro atoms. The highest BCUT2D eigenvalue weighted by atomic mass is 19.1. The van der Waals surface area contributed by atoms with Gasteiger partial charge in [-0.25, -0.2) is 9.37 Å². The van der Waals surface area contributed by atoms with Crippen molar-refractivity contribution in [1.29, 1.82) is 0 Å². The normalized spacial score (nSPS) is 10.7. The van der Waals surface area contributed by atoms with Gasteiger partial charge in [-0.05, 0) is 31.0 Å². The Morgan fingerprint density at radius 3 is 2.70 bits per heavy atom. The van der Waals surface area contributed by atoms with E-state index in [9.17, 15) is 4.39 Å². The van der Waals surface area contributed by atoms with Crippen LogP contribution in [0.1, 0.15) is 19.5 Å². The first-order chi connectivity index (χ1) is 9.52. The van der Waals surface area contributed by atoms with Crippen LogP contribution in [-0.4, -0.2) is 16.5 Å². The summed E-state index contributed by atoms with van der Waals surface area (Å²) in [5, 5.41) is 6.27. The van der Waals surface area contributed by atoms with Crippen LogP contribution in [0.2, 0.25) is 0 Å². The number of nitrogens with one attached hydrogen (secondary N) is 2. The molecule has 1 aromatic heterocycles. The summed E-state index contributed by atoms with van der Waals surface area (Å²) in [5.41, 5.74) is 1.48. The van der Waals surface area contributed by atoms with Crippen LogP contribution >= 0.6 is 0 Å². The molecule has 106 valence electrons. The molecule has 20 heavy (non-hydrogen) atoms. The Morgan fingerprint density at radius 2 is 2.00 bits per heavy atom. The molecular formula is C15H19FN4. The highest BCUT2D eigenvalue weighted by Crippen LogP contribution is 2.16. The average molecular weight is 274 g/mol. The van der Waals surface area contributed by atoms with Crippen molar-refractivity contribution in [3.63, 3.8) is 0 Å². The van der Waals surface area contributed by atoms with Gasteiger partial charge in [0, 0.05) is 24.0 Å². The number of aryl methyl sites for hydroxylation is 1. The summed E-state index contributed by atoms with van der Waals surface area (Å²) >= 11 is 0. The third-order valence-corrected chi connectivity index (χ3v) is 2.63. The Labute approximate surface area is 118 Å². The van der Waals surface area contributed by atoms with Crippen LogP contribution in [0.4, 0.5) is 21.8 Å². The molecule has 1 aromatic carbocycles. The van der Waals surface area contributed by atoms with E-state index in [-0.39, 0.29) is 5.82 Å². The lowest BCUT2D eigenvalue weighted by molar-refractivity contribution is 0.628. The number of nitrogens with zero attached hydrogens (tertiary/aromatic N) is 2. The molecule has 0 radical (unpaired) electrons. The number of hydrogen-bond acceptors (Lipinski definition) is 4. The number of halogens is 1. The summed E-state index contributed by atoms with van der Waals surface area (Å²) in [6, 6.07) is 8.12. The van der Waals surface area contributed by atoms with E-state index < -0.39 is 0 Å². The second-order valence-corrected chi connectivity index (χ2v) is 5.13.